The zero-order valence-corrected chi connectivity index (χ0v) is 12.2. The zero-order chi connectivity index (χ0) is 15.1. The quantitative estimate of drug-likeness (QED) is 0.617. The van der Waals surface area contributed by atoms with E-state index in [1.165, 1.54) is 0 Å². The molecule has 1 amide bonds. The molecule has 0 spiro atoms. The number of carbonyl (C=O) groups excluding carboxylic acids is 1. The van der Waals surface area contributed by atoms with Gasteiger partial charge < -0.3 is 20.3 Å². The van der Waals surface area contributed by atoms with Crippen LogP contribution in [0.15, 0.2) is 0 Å². The van der Waals surface area contributed by atoms with E-state index in [2.05, 4.69) is 5.32 Å². The molecule has 1 atom stereocenters. The van der Waals surface area contributed by atoms with E-state index < -0.39 is 29.8 Å². The third-order valence-electron chi connectivity index (χ3n) is 2.63. The Morgan fingerprint density at radius 3 is 2.16 bits per heavy atom. The second-order valence-electron chi connectivity index (χ2n) is 5.63. The van der Waals surface area contributed by atoms with Crippen molar-refractivity contribution in [2.45, 2.75) is 64.5 Å². The largest absolute Gasteiger partial charge is 0.479 e. The van der Waals surface area contributed by atoms with Crippen LogP contribution in [0.1, 0.15) is 53.4 Å². The van der Waals surface area contributed by atoms with Gasteiger partial charge in [-0.2, -0.15) is 0 Å². The van der Waals surface area contributed by atoms with Crippen LogP contribution in [-0.4, -0.2) is 40.0 Å². The van der Waals surface area contributed by atoms with Gasteiger partial charge in [0.1, 0.15) is 5.60 Å². The summed E-state index contributed by atoms with van der Waals surface area (Å²) in [5.74, 6) is -1.25. The van der Waals surface area contributed by atoms with E-state index in [-0.39, 0.29) is 6.42 Å². The topological polar surface area (TPSA) is 95.9 Å². The van der Waals surface area contributed by atoms with Crippen molar-refractivity contribution >= 4 is 12.1 Å². The molecular formula is C13H25NO5. The van der Waals surface area contributed by atoms with Crippen LogP contribution in [0.3, 0.4) is 0 Å². The second kappa shape index (κ2) is 7.33. The second-order valence-corrected chi connectivity index (χ2v) is 5.63. The number of unbranched alkanes of at least 4 members (excludes halogenated alkanes) is 2. The minimum absolute atomic E-state index is 0.173. The first-order valence-corrected chi connectivity index (χ1v) is 6.52. The van der Waals surface area contributed by atoms with E-state index in [0.29, 0.717) is 6.42 Å². The van der Waals surface area contributed by atoms with Crippen LogP contribution < -0.4 is 5.32 Å². The van der Waals surface area contributed by atoms with Crippen molar-refractivity contribution in [2.75, 3.05) is 6.61 Å². The zero-order valence-electron chi connectivity index (χ0n) is 12.2. The Hall–Kier alpha value is -1.30. The number of carboxylic acid groups (broad SMARTS) is 1. The van der Waals surface area contributed by atoms with E-state index in [0.717, 1.165) is 12.8 Å². The number of aliphatic carboxylic acids is 1. The number of hydrogen-bond donors (Lipinski definition) is 3. The van der Waals surface area contributed by atoms with Gasteiger partial charge in [-0.25, -0.2) is 9.59 Å². The molecule has 0 aliphatic rings. The molecule has 0 aromatic heterocycles. The smallest absolute Gasteiger partial charge is 0.408 e. The Labute approximate surface area is 114 Å². The van der Waals surface area contributed by atoms with Crippen LogP contribution in [0.25, 0.3) is 0 Å². The summed E-state index contributed by atoms with van der Waals surface area (Å²) >= 11 is 0. The fourth-order valence-electron chi connectivity index (χ4n) is 1.58. The molecule has 0 aromatic carbocycles. The van der Waals surface area contributed by atoms with Crippen LogP contribution >= 0.6 is 0 Å². The van der Waals surface area contributed by atoms with Gasteiger partial charge in [0.2, 0.25) is 0 Å². The van der Waals surface area contributed by atoms with Crippen LogP contribution in [0.5, 0.6) is 0 Å². The molecule has 6 nitrogen and oxygen atoms in total. The molecule has 0 rings (SSSR count). The number of nitrogens with one attached hydrogen (secondary N) is 1. The van der Waals surface area contributed by atoms with Gasteiger partial charge in [0, 0.05) is 0 Å². The lowest BCUT2D eigenvalue weighted by Gasteiger charge is -2.30. The van der Waals surface area contributed by atoms with E-state index in [1.807, 2.05) is 6.92 Å². The van der Waals surface area contributed by atoms with E-state index >= 15 is 0 Å². The predicted octanol–water partition coefficient (Wildman–Crippen LogP) is 1.91. The van der Waals surface area contributed by atoms with E-state index in [1.54, 1.807) is 20.8 Å². The van der Waals surface area contributed by atoms with Gasteiger partial charge in [-0.1, -0.05) is 26.2 Å². The first-order valence-electron chi connectivity index (χ1n) is 6.52. The summed E-state index contributed by atoms with van der Waals surface area (Å²) in [6, 6.07) is 0. The summed E-state index contributed by atoms with van der Waals surface area (Å²) in [5, 5.41) is 20.9. The highest BCUT2D eigenvalue weighted by molar-refractivity contribution is 5.84. The predicted molar refractivity (Wildman–Crippen MR) is 71.0 cm³/mol. The highest BCUT2D eigenvalue weighted by Crippen LogP contribution is 2.17. The standard InChI is InChI=1S/C13H25NO5/c1-5-6-7-8-13(9-15,10(16)17)14-11(18)19-12(2,3)4/h15H,5-9H2,1-4H3,(H,14,18)(H,16,17)/t13-/m0/s1. The van der Waals surface area contributed by atoms with Crippen LogP contribution in [0.4, 0.5) is 4.79 Å². The first kappa shape index (κ1) is 17.7. The molecule has 0 bridgehead atoms. The number of carboxylic acids is 1. The lowest BCUT2D eigenvalue weighted by atomic mass is 9.93. The SMILES string of the molecule is CCCCC[C@@](CO)(NC(=O)OC(C)(C)C)C(=O)O. The van der Waals surface area contributed by atoms with Gasteiger partial charge in [-0.15, -0.1) is 0 Å². The highest BCUT2D eigenvalue weighted by atomic mass is 16.6. The maximum absolute atomic E-state index is 11.7. The molecule has 0 saturated carbocycles. The normalized spacial score (nSPS) is 14.6. The number of ether oxygens (including phenoxy) is 1. The van der Waals surface area contributed by atoms with Crippen molar-refractivity contribution in [1.29, 1.82) is 0 Å². The fourth-order valence-corrected chi connectivity index (χ4v) is 1.58. The van der Waals surface area contributed by atoms with Gasteiger partial charge in [-0.3, -0.25) is 0 Å². The van der Waals surface area contributed by atoms with Gasteiger partial charge >= 0.3 is 12.1 Å². The number of amides is 1. The van der Waals surface area contributed by atoms with Crippen molar-refractivity contribution in [2.24, 2.45) is 0 Å². The van der Waals surface area contributed by atoms with Gasteiger partial charge in [0.05, 0.1) is 6.61 Å². The lowest BCUT2D eigenvalue weighted by molar-refractivity contribution is -0.147. The maximum atomic E-state index is 11.7. The third kappa shape index (κ3) is 6.42. The summed E-state index contributed by atoms with van der Waals surface area (Å²) in [7, 11) is 0. The number of aliphatic hydroxyl groups is 1. The summed E-state index contributed by atoms with van der Waals surface area (Å²) in [5.41, 5.74) is -2.38. The molecule has 112 valence electrons. The Kier molecular flexibility index (Phi) is 6.83. The summed E-state index contributed by atoms with van der Waals surface area (Å²) < 4.78 is 5.03. The van der Waals surface area contributed by atoms with Crippen molar-refractivity contribution in [3.8, 4) is 0 Å². The molecule has 0 saturated heterocycles. The Bertz CT molecular complexity index is 311. The number of aliphatic hydroxyl groups excluding tert-OH is 1. The molecule has 19 heavy (non-hydrogen) atoms. The molecule has 0 heterocycles. The Morgan fingerprint density at radius 1 is 1.21 bits per heavy atom. The minimum atomic E-state index is -1.67. The van der Waals surface area contributed by atoms with Crippen molar-refractivity contribution in [3.05, 3.63) is 0 Å². The van der Waals surface area contributed by atoms with E-state index in [4.69, 9.17) is 4.74 Å². The van der Waals surface area contributed by atoms with E-state index in [9.17, 15) is 19.8 Å². The third-order valence-corrected chi connectivity index (χ3v) is 2.63. The molecule has 0 radical (unpaired) electrons. The molecule has 0 fully saturated rings. The first-order chi connectivity index (χ1) is 8.67. The average molecular weight is 275 g/mol. The number of alkyl carbamates (subject to hydrolysis) is 1. The minimum Gasteiger partial charge on any atom is -0.479 e. The molecule has 0 aliphatic heterocycles. The summed E-state index contributed by atoms with van der Waals surface area (Å²) in [6.45, 7) is 6.38. The Balaban J connectivity index is 4.75. The van der Waals surface area contributed by atoms with Crippen LogP contribution in [-0.2, 0) is 9.53 Å². The van der Waals surface area contributed by atoms with Gasteiger partial charge in [0.15, 0.2) is 5.54 Å². The highest BCUT2D eigenvalue weighted by Gasteiger charge is 2.40. The molecular weight excluding hydrogens is 250 g/mol. The number of hydrogen-bond acceptors (Lipinski definition) is 4. The molecule has 6 heteroatoms. The van der Waals surface area contributed by atoms with Gasteiger partial charge in [0.25, 0.3) is 0 Å². The summed E-state index contributed by atoms with van der Waals surface area (Å²) in [6.07, 6.45) is 1.71. The lowest BCUT2D eigenvalue weighted by Crippen LogP contribution is -2.58. The monoisotopic (exact) mass is 275 g/mol. The number of carbonyl (C=O) groups is 2. The molecule has 3 N–H and O–H groups in total. The van der Waals surface area contributed by atoms with Crippen LogP contribution in [0.2, 0.25) is 0 Å². The van der Waals surface area contributed by atoms with Crippen molar-refractivity contribution in [1.82, 2.24) is 5.32 Å². The summed E-state index contributed by atoms with van der Waals surface area (Å²) in [4.78, 5) is 23.0. The molecule has 0 aromatic rings. The maximum Gasteiger partial charge on any atom is 0.408 e. The Morgan fingerprint density at radius 2 is 1.79 bits per heavy atom. The van der Waals surface area contributed by atoms with Crippen molar-refractivity contribution < 1.29 is 24.5 Å². The molecule has 0 unspecified atom stereocenters. The molecule has 0 aliphatic carbocycles. The van der Waals surface area contributed by atoms with Crippen molar-refractivity contribution in [3.63, 3.8) is 0 Å². The average Bonchev–Trinajstić information content (AvgIpc) is 2.25. The number of rotatable bonds is 7. The fraction of sp³-hybridized carbons (Fsp3) is 0.846. The van der Waals surface area contributed by atoms with Gasteiger partial charge in [-0.05, 0) is 27.2 Å². The van der Waals surface area contributed by atoms with Crippen LogP contribution in [0, 0.1) is 0 Å².